The molecule has 1 unspecified atom stereocenters. The van der Waals surface area contributed by atoms with Crippen LogP contribution in [0.5, 0.6) is 0 Å². The molecule has 1 atom stereocenters. The minimum Gasteiger partial charge on any atom is -0.355 e. The van der Waals surface area contributed by atoms with E-state index < -0.39 is 0 Å². The molecule has 1 rings (SSSR count). The minimum atomic E-state index is 0.183. The van der Waals surface area contributed by atoms with Crippen LogP contribution in [0.3, 0.4) is 0 Å². The van der Waals surface area contributed by atoms with Gasteiger partial charge in [-0.05, 0) is 25.1 Å². The van der Waals surface area contributed by atoms with E-state index in [0.717, 1.165) is 19.6 Å². The molecule has 1 fully saturated rings. The van der Waals surface area contributed by atoms with Crippen LogP contribution in [0, 0.1) is 0 Å². The third-order valence-corrected chi connectivity index (χ3v) is 3.98. The normalized spacial score (nSPS) is 21.3. The van der Waals surface area contributed by atoms with Gasteiger partial charge in [0.1, 0.15) is 0 Å². The minimum absolute atomic E-state index is 0.183. The number of hydrogen-bond acceptors (Lipinski definition) is 3. The quantitative estimate of drug-likeness (QED) is 0.678. The van der Waals surface area contributed by atoms with Gasteiger partial charge in [-0.25, -0.2) is 0 Å². The molecule has 0 aromatic rings. The fourth-order valence-corrected chi connectivity index (χ4v) is 2.90. The molecule has 0 aliphatic carbocycles. The first-order chi connectivity index (χ1) is 7.33. The summed E-state index contributed by atoms with van der Waals surface area (Å²) < 4.78 is 0. The SMILES string of the molecule is CCNCCC(=O)NCC1CCCCS1. The van der Waals surface area contributed by atoms with Gasteiger partial charge in [-0.15, -0.1) is 0 Å². The summed E-state index contributed by atoms with van der Waals surface area (Å²) in [6, 6.07) is 0. The second kappa shape index (κ2) is 7.99. The topological polar surface area (TPSA) is 41.1 Å². The van der Waals surface area contributed by atoms with E-state index in [2.05, 4.69) is 17.6 Å². The van der Waals surface area contributed by atoms with E-state index in [1.807, 2.05) is 11.8 Å². The largest absolute Gasteiger partial charge is 0.355 e. The lowest BCUT2D eigenvalue weighted by molar-refractivity contribution is -0.120. The van der Waals surface area contributed by atoms with Gasteiger partial charge in [0.2, 0.25) is 5.91 Å². The van der Waals surface area contributed by atoms with Crippen molar-refractivity contribution in [2.24, 2.45) is 0 Å². The van der Waals surface area contributed by atoms with Gasteiger partial charge in [0.15, 0.2) is 0 Å². The first-order valence-electron chi connectivity index (χ1n) is 5.92. The van der Waals surface area contributed by atoms with Crippen molar-refractivity contribution < 1.29 is 4.79 Å². The number of hydrogen-bond donors (Lipinski definition) is 2. The highest BCUT2D eigenvalue weighted by molar-refractivity contribution is 7.99. The molecular weight excluding hydrogens is 208 g/mol. The average Bonchev–Trinajstić information content (AvgIpc) is 2.28. The zero-order chi connectivity index (χ0) is 10.9. The number of rotatable bonds is 6. The predicted octanol–water partition coefficient (Wildman–Crippen LogP) is 1.39. The summed E-state index contributed by atoms with van der Waals surface area (Å²) in [6.45, 7) is 4.64. The van der Waals surface area contributed by atoms with Gasteiger partial charge < -0.3 is 10.6 Å². The highest BCUT2D eigenvalue weighted by atomic mass is 32.2. The van der Waals surface area contributed by atoms with Crippen molar-refractivity contribution in [3.8, 4) is 0 Å². The van der Waals surface area contributed by atoms with Crippen LogP contribution in [0.2, 0.25) is 0 Å². The fourth-order valence-electron chi connectivity index (χ4n) is 1.66. The van der Waals surface area contributed by atoms with Crippen molar-refractivity contribution in [2.45, 2.75) is 37.9 Å². The first-order valence-corrected chi connectivity index (χ1v) is 6.97. The number of amides is 1. The van der Waals surface area contributed by atoms with Gasteiger partial charge >= 0.3 is 0 Å². The standard InChI is InChI=1S/C11H22N2OS/c1-2-12-7-6-11(14)13-9-10-5-3-4-8-15-10/h10,12H,2-9H2,1H3,(H,13,14). The number of carbonyl (C=O) groups is 1. The second-order valence-corrected chi connectivity index (χ2v) is 5.30. The molecule has 1 amide bonds. The van der Waals surface area contributed by atoms with Crippen LogP contribution in [0.25, 0.3) is 0 Å². The summed E-state index contributed by atoms with van der Waals surface area (Å²) in [5.74, 6) is 1.44. The van der Waals surface area contributed by atoms with Crippen molar-refractivity contribution >= 4 is 17.7 Å². The summed E-state index contributed by atoms with van der Waals surface area (Å²) in [5, 5.41) is 6.82. The zero-order valence-corrected chi connectivity index (χ0v) is 10.4. The van der Waals surface area contributed by atoms with Gasteiger partial charge in [0.05, 0.1) is 0 Å². The van der Waals surface area contributed by atoms with E-state index in [0.29, 0.717) is 11.7 Å². The molecule has 0 saturated carbocycles. The summed E-state index contributed by atoms with van der Waals surface area (Å²) in [5.41, 5.74) is 0. The highest BCUT2D eigenvalue weighted by Gasteiger charge is 2.14. The van der Waals surface area contributed by atoms with E-state index in [4.69, 9.17) is 0 Å². The van der Waals surface area contributed by atoms with Gasteiger partial charge in [-0.3, -0.25) is 4.79 Å². The molecule has 3 nitrogen and oxygen atoms in total. The fraction of sp³-hybridized carbons (Fsp3) is 0.909. The molecule has 0 radical (unpaired) electrons. The Hall–Kier alpha value is -0.220. The lowest BCUT2D eigenvalue weighted by atomic mass is 10.2. The monoisotopic (exact) mass is 230 g/mol. The Kier molecular flexibility index (Phi) is 6.85. The molecule has 0 bridgehead atoms. The Morgan fingerprint density at radius 3 is 3.00 bits per heavy atom. The van der Waals surface area contributed by atoms with Crippen molar-refractivity contribution in [3.63, 3.8) is 0 Å². The Bertz CT molecular complexity index is 181. The van der Waals surface area contributed by atoms with E-state index in [-0.39, 0.29) is 5.91 Å². The maximum Gasteiger partial charge on any atom is 0.221 e. The first kappa shape index (κ1) is 12.8. The van der Waals surface area contributed by atoms with Crippen molar-refractivity contribution in [1.29, 1.82) is 0 Å². The van der Waals surface area contributed by atoms with Gasteiger partial charge in [-0.2, -0.15) is 11.8 Å². The van der Waals surface area contributed by atoms with E-state index in [1.54, 1.807) is 0 Å². The molecule has 1 saturated heterocycles. The Morgan fingerprint density at radius 2 is 2.33 bits per heavy atom. The molecule has 1 aliphatic rings. The van der Waals surface area contributed by atoms with Crippen LogP contribution in [0.4, 0.5) is 0 Å². The van der Waals surface area contributed by atoms with Crippen LogP contribution in [-0.2, 0) is 4.79 Å². The van der Waals surface area contributed by atoms with Gasteiger partial charge in [-0.1, -0.05) is 13.3 Å². The molecule has 1 aliphatic heterocycles. The predicted molar refractivity (Wildman–Crippen MR) is 66.3 cm³/mol. The third-order valence-electron chi connectivity index (χ3n) is 2.58. The zero-order valence-electron chi connectivity index (χ0n) is 9.55. The molecule has 0 spiro atoms. The number of nitrogens with one attached hydrogen (secondary N) is 2. The average molecular weight is 230 g/mol. The van der Waals surface area contributed by atoms with Gasteiger partial charge in [0.25, 0.3) is 0 Å². The Labute approximate surface area is 96.8 Å². The van der Waals surface area contributed by atoms with E-state index in [9.17, 15) is 4.79 Å². The number of thioether (sulfide) groups is 1. The highest BCUT2D eigenvalue weighted by Crippen LogP contribution is 2.24. The summed E-state index contributed by atoms with van der Waals surface area (Å²) >= 11 is 2.00. The maximum atomic E-state index is 11.4. The summed E-state index contributed by atoms with van der Waals surface area (Å²) in [4.78, 5) is 11.4. The van der Waals surface area contributed by atoms with Crippen LogP contribution in [0.15, 0.2) is 0 Å². The van der Waals surface area contributed by atoms with Crippen LogP contribution in [-0.4, -0.2) is 36.5 Å². The smallest absolute Gasteiger partial charge is 0.221 e. The molecule has 15 heavy (non-hydrogen) atoms. The van der Waals surface area contributed by atoms with Gasteiger partial charge in [0, 0.05) is 24.8 Å². The van der Waals surface area contributed by atoms with E-state index >= 15 is 0 Å². The van der Waals surface area contributed by atoms with Crippen molar-refractivity contribution in [3.05, 3.63) is 0 Å². The molecule has 1 heterocycles. The molecule has 88 valence electrons. The third kappa shape index (κ3) is 6.05. The lowest BCUT2D eigenvalue weighted by Gasteiger charge is -2.21. The number of carbonyl (C=O) groups excluding carboxylic acids is 1. The summed E-state index contributed by atoms with van der Waals surface area (Å²) in [6.07, 6.45) is 4.53. The molecule has 0 aromatic heterocycles. The lowest BCUT2D eigenvalue weighted by Crippen LogP contribution is -2.33. The van der Waals surface area contributed by atoms with Crippen LogP contribution < -0.4 is 10.6 Å². The second-order valence-electron chi connectivity index (χ2n) is 3.90. The molecule has 2 N–H and O–H groups in total. The van der Waals surface area contributed by atoms with Crippen LogP contribution >= 0.6 is 11.8 Å². The molecule has 4 heteroatoms. The van der Waals surface area contributed by atoms with E-state index in [1.165, 1.54) is 25.0 Å². The van der Waals surface area contributed by atoms with Crippen LogP contribution in [0.1, 0.15) is 32.6 Å². The summed E-state index contributed by atoms with van der Waals surface area (Å²) in [7, 11) is 0. The molecular formula is C11H22N2OS. The van der Waals surface area contributed by atoms with Crippen molar-refractivity contribution in [2.75, 3.05) is 25.4 Å². The van der Waals surface area contributed by atoms with Crippen molar-refractivity contribution in [1.82, 2.24) is 10.6 Å². The maximum absolute atomic E-state index is 11.4. The Morgan fingerprint density at radius 1 is 1.47 bits per heavy atom. The Balaban J connectivity index is 2.00. The molecule has 0 aromatic carbocycles.